The van der Waals surface area contributed by atoms with Gasteiger partial charge in [-0.15, -0.1) is 5.10 Å². The number of carbonyl (C=O) groups is 1. The zero-order valence-corrected chi connectivity index (χ0v) is 18.4. The average molecular weight is 461 g/mol. The summed E-state index contributed by atoms with van der Waals surface area (Å²) in [6.07, 6.45) is 1.88. The number of carbonyl (C=O) groups excluding carboxylic acids is 1. The van der Waals surface area contributed by atoms with E-state index in [-0.39, 0.29) is 22.4 Å². The molecule has 0 aliphatic carbocycles. The number of piperidine rings is 1. The van der Waals surface area contributed by atoms with Crippen LogP contribution in [0.5, 0.6) is 0 Å². The Morgan fingerprint density at radius 1 is 1.19 bits per heavy atom. The molecule has 0 radical (unpaired) electrons. The number of benzene rings is 2. The second-order valence-electron chi connectivity index (χ2n) is 7.51. The van der Waals surface area contributed by atoms with E-state index < -0.39 is 15.9 Å². The van der Waals surface area contributed by atoms with E-state index in [0.29, 0.717) is 29.6 Å². The summed E-state index contributed by atoms with van der Waals surface area (Å²) in [5.41, 5.74) is 0.899. The monoisotopic (exact) mass is 460 g/mol. The molecule has 1 fully saturated rings. The van der Waals surface area contributed by atoms with E-state index in [1.54, 1.807) is 24.3 Å². The topological polar surface area (TPSA) is 105 Å². The molecule has 0 saturated carbocycles. The number of amides is 1. The Bertz CT molecular complexity index is 1190. The van der Waals surface area contributed by atoms with Crippen molar-refractivity contribution < 1.29 is 17.6 Å². The van der Waals surface area contributed by atoms with Crippen LogP contribution in [-0.4, -0.2) is 41.9 Å². The molecular weight excluding hydrogens is 440 g/mol. The molecule has 1 atom stereocenters. The first kappa shape index (κ1) is 21.5. The summed E-state index contributed by atoms with van der Waals surface area (Å²) in [4.78, 5) is 12.7. The Morgan fingerprint density at radius 3 is 2.68 bits per heavy atom. The van der Waals surface area contributed by atoms with E-state index in [1.165, 1.54) is 28.6 Å². The number of nitrogens with one attached hydrogen (secondary N) is 1. The summed E-state index contributed by atoms with van der Waals surface area (Å²) in [5.74, 6) is 0.0617. The number of nitrogens with zero attached hydrogens (tertiary/aromatic N) is 3. The number of aromatic nitrogens is 2. The predicted molar refractivity (Wildman–Crippen MR) is 116 cm³/mol. The van der Waals surface area contributed by atoms with Crippen LogP contribution in [0.2, 0.25) is 5.02 Å². The summed E-state index contributed by atoms with van der Waals surface area (Å²) in [6, 6.07) is 12.6. The van der Waals surface area contributed by atoms with E-state index >= 15 is 0 Å². The van der Waals surface area contributed by atoms with Crippen LogP contribution in [0.1, 0.15) is 30.1 Å². The molecule has 1 N–H and O–H groups in total. The first-order chi connectivity index (χ1) is 14.8. The molecule has 0 spiro atoms. The van der Waals surface area contributed by atoms with Crippen molar-refractivity contribution in [3.05, 3.63) is 59.1 Å². The van der Waals surface area contributed by atoms with Crippen molar-refractivity contribution in [2.45, 2.75) is 24.7 Å². The second-order valence-corrected chi connectivity index (χ2v) is 9.89. The maximum atomic E-state index is 12.8. The Morgan fingerprint density at radius 2 is 1.97 bits per heavy atom. The Kier molecular flexibility index (Phi) is 6.08. The molecule has 1 aliphatic rings. The molecule has 10 heteroatoms. The molecule has 2 heterocycles. The Labute approximate surface area is 185 Å². The Hall–Kier alpha value is -2.75. The lowest BCUT2D eigenvalue weighted by atomic mass is 10.0. The third kappa shape index (κ3) is 4.79. The second kappa shape index (κ2) is 8.78. The van der Waals surface area contributed by atoms with Gasteiger partial charge in [0.2, 0.25) is 15.9 Å². The molecule has 8 nitrogen and oxygen atoms in total. The van der Waals surface area contributed by atoms with Gasteiger partial charge in [-0.05, 0) is 61.2 Å². The molecule has 4 rings (SSSR count). The molecule has 162 valence electrons. The normalized spacial score (nSPS) is 17.4. The van der Waals surface area contributed by atoms with Crippen molar-refractivity contribution in [3.63, 3.8) is 0 Å². The molecule has 0 bridgehead atoms. The lowest BCUT2D eigenvalue weighted by molar-refractivity contribution is 0.102. The number of hydrogen-bond acceptors (Lipinski definition) is 6. The zero-order valence-electron chi connectivity index (χ0n) is 16.8. The average Bonchev–Trinajstić information content (AvgIpc) is 3.22. The fourth-order valence-electron chi connectivity index (χ4n) is 3.47. The summed E-state index contributed by atoms with van der Waals surface area (Å²) in [5, 5.41) is 10.8. The van der Waals surface area contributed by atoms with Gasteiger partial charge < -0.3 is 4.42 Å². The predicted octanol–water partition coefficient (Wildman–Crippen LogP) is 4.06. The third-order valence-corrected chi connectivity index (χ3v) is 7.21. The molecule has 3 aromatic rings. The summed E-state index contributed by atoms with van der Waals surface area (Å²) in [7, 11) is -3.58. The summed E-state index contributed by atoms with van der Waals surface area (Å²) in [6.45, 7) is 3.07. The van der Waals surface area contributed by atoms with Crippen LogP contribution in [0.3, 0.4) is 0 Å². The van der Waals surface area contributed by atoms with Gasteiger partial charge in [-0.25, -0.2) is 8.42 Å². The zero-order chi connectivity index (χ0) is 22.0. The number of hydrogen-bond donors (Lipinski definition) is 1. The fraction of sp³-hybridized carbons (Fsp3) is 0.286. The third-order valence-electron chi connectivity index (χ3n) is 5.09. The van der Waals surface area contributed by atoms with Crippen molar-refractivity contribution in [1.82, 2.24) is 14.5 Å². The van der Waals surface area contributed by atoms with E-state index in [0.717, 1.165) is 12.8 Å². The van der Waals surface area contributed by atoms with Gasteiger partial charge in [0.25, 0.3) is 5.91 Å². The van der Waals surface area contributed by atoms with Gasteiger partial charge in [-0.1, -0.05) is 29.7 Å². The minimum Gasteiger partial charge on any atom is -0.403 e. The molecule has 1 aromatic heterocycles. The number of halogens is 1. The molecule has 1 unspecified atom stereocenters. The SMILES string of the molecule is CC1CCCN(S(=O)(=O)c2ccc(C(=O)Nc3nnc(-c4cccc(Cl)c4)o3)cc2)C1. The summed E-state index contributed by atoms with van der Waals surface area (Å²) < 4.78 is 32.7. The highest BCUT2D eigenvalue weighted by Crippen LogP contribution is 2.25. The maximum Gasteiger partial charge on any atom is 0.322 e. The number of sulfonamides is 1. The van der Waals surface area contributed by atoms with Crippen LogP contribution in [0.25, 0.3) is 11.5 Å². The minimum absolute atomic E-state index is 0.0704. The van der Waals surface area contributed by atoms with Gasteiger partial charge in [0.1, 0.15) is 0 Å². The van der Waals surface area contributed by atoms with Gasteiger partial charge in [0.05, 0.1) is 4.90 Å². The lowest BCUT2D eigenvalue weighted by Crippen LogP contribution is -2.39. The van der Waals surface area contributed by atoms with Crippen molar-refractivity contribution in [1.29, 1.82) is 0 Å². The van der Waals surface area contributed by atoms with Gasteiger partial charge in [-0.3, -0.25) is 10.1 Å². The summed E-state index contributed by atoms with van der Waals surface area (Å²) >= 11 is 5.96. The van der Waals surface area contributed by atoms with E-state index in [9.17, 15) is 13.2 Å². The standard InChI is InChI=1S/C21H21ClN4O4S/c1-14-4-3-11-26(13-14)31(28,29)18-9-7-15(8-10-18)19(27)23-21-25-24-20(30-21)16-5-2-6-17(22)12-16/h2,5-10,12,14H,3-4,11,13H2,1H3,(H,23,25,27). The lowest BCUT2D eigenvalue weighted by Gasteiger charge is -2.30. The number of anilines is 1. The first-order valence-corrected chi connectivity index (χ1v) is 11.7. The van der Waals surface area contributed by atoms with Gasteiger partial charge in [0, 0.05) is 29.2 Å². The van der Waals surface area contributed by atoms with Gasteiger partial charge in [-0.2, -0.15) is 4.31 Å². The molecule has 1 amide bonds. The van der Waals surface area contributed by atoms with Crippen LogP contribution in [0.4, 0.5) is 6.01 Å². The fourth-order valence-corrected chi connectivity index (χ4v) is 5.26. The van der Waals surface area contributed by atoms with Crippen LogP contribution < -0.4 is 5.32 Å². The van der Waals surface area contributed by atoms with Crippen LogP contribution >= 0.6 is 11.6 Å². The minimum atomic E-state index is -3.58. The van der Waals surface area contributed by atoms with E-state index in [4.69, 9.17) is 16.0 Å². The number of rotatable bonds is 5. The van der Waals surface area contributed by atoms with Crippen LogP contribution in [0.15, 0.2) is 57.8 Å². The first-order valence-electron chi connectivity index (χ1n) is 9.84. The highest BCUT2D eigenvalue weighted by Gasteiger charge is 2.28. The largest absolute Gasteiger partial charge is 0.403 e. The Balaban J connectivity index is 1.45. The highest BCUT2D eigenvalue weighted by molar-refractivity contribution is 7.89. The van der Waals surface area contributed by atoms with Gasteiger partial charge in [0.15, 0.2) is 0 Å². The van der Waals surface area contributed by atoms with E-state index in [1.807, 2.05) is 6.92 Å². The van der Waals surface area contributed by atoms with E-state index in [2.05, 4.69) is 15.5 Å². The van der Waals surface area contributed by atoms with Crippen LogP contribution in [-0.2, 0) is 10.0 Å². The smallest absolute Gasteiger partial charge is 0.322 e. The maximum absolute atomic E-state index is 12.8. The molecule has 2 aromatic carbocycles. The molecular formula is C21H21ClN4O4S. The molecule has 1 aliphatic heterocycles. The highest BCUT2D eigenvalue weighted by atomic mass is 35.5. The van der Waals surface area contributed by atoms with Crippen molar-refractivity contribution in [2.75, 3.05) is 18.4 Å². The van der Waals surface area contributed by atoms with Gasteiger partial charge >= 0.3 is 6.01 Å². The molecule has 1 saturated heterocycles. The van der Waals surface area contributed by atoms with Crippen LogP contribution in [0, 0.1) is 5.92 Å². The van der Waals surface area contributed by atoms with Crippen molar-refractivity contribution >= 4 is 33.5 Å². The quantitative estimate of drug-likeness (QED) is 0.615. The van der Waals surface area contributed by atoms with Crippen molar-refractivity contribution in [2.24, 2.45) is 5.92 Å². The molecule has 31 heavy (non-hydrogen) atoms. The van der Waals surface area contributed by atoms with Crippen molar-refractivity contribution in [3.8, 4) is 11.5 Å².